The zero-order valence-electron chi connectivity index (χ0n) is 15.6. The van der Waals surface area contributed by atoms with Gasteiger partial charge in [-0.25, -0.2) is 4.79 Å². The van der Waals surface area contributed by atoms with Crippen molar-refractivity contribution < 1.29 is 28.7 Å². The second-order valence-corrected chi connectivity index (χ2v) is 6.48. The molecule has 1 N–H and O–H groups in total. The van der Waals surface area contributed by atoms with E-state index >= 15 is 0 Å². The third-order valence-corrected chi connectivity index (χ3v) is 4.32. The van der Waals surface area contributed by atoms with E-state index in [1.165, 1.54) is 7.11 Å². The van der Waals surface area contributed by atoms with Crippen molar-refractivity contribution in [3.63, 3.8) is 0 Å². The summed E-state index contributed by atoms with van der Waals surface area (Å²) in [5.41, 5.74) is 0.444. The first-order valence-electron chi connectivity index (χ1n) is 8.60. The lowest BCUT2D eigenvalue weighted by Crippen LogP contribution is -2.47. The topological polar surface area (TPSA) is 98.8 Å². The predicted octanol–water partition coefficient (Wildman–Crippen LogP) is 2.55. The molecule has 148 valence electrons. The van der Waals surface area contributed by atoms with E-state index in [0.717, 1.165) is 0 Å². The minimum atomic E-state index is -0.808. The first-order chi connectivity index (χ1) is 12.8. The predicted molar refractivity (Wildman–Crippen MR) is 99.4 cm³/mol. The van der Waals surface area contributed by atoms with Crippen LogP contribution >= 0.6 is 11.6 Å². The third kappa shape index (κ3) is 7.78. The number of rotatable bonds is 10. The number of methoxy groups -OCH3 is 1. The Morgan fingerprint density at radius 1 is 1.11 bits per heavy atom. The molecule has 0 radical (unpaired) electrons. The van der Waals surface area contributed by atoms with Crippen LogP contribution in [-0.4, -0.2) is 43.4 Å². The van der Waals surface area contributed by atoms with Crippen molar-refractivity contribution in [1.82, 2.24) is 5.32 Å². The lowest BCUT2D eigenvalue weighted by Gasteiger charge is -2.21. The summed E-state index contributed by atoms with van der Waals surface area (Å²) in [5, 5.41) is 3.01. The standard InChI is InChI=1S/C19H24ClNO6/c1-4-12(2)18(19(25)26-3)21-16(23)11-27-17(24)10-9-15(22)13-5-7-14(20)8-6-13/h5-8,12,18H,4,9-11H2,1-3H3,(H,21,23)/t12-,18-/m1/s1. The molecule has 0 saturated heterocycles. The summed E-state index contributed by atoms with van der Waals surface area (Å²) in [7, 11) is 1.24. The van der Waals surface area contributed by atoms with Crippen LogP contribution in [0.5, 0.6) is 0 Å². The quantitative estimate of drug-likeness (QED) is 0.481. The van der Waals surface area contributed by atoms with Gasteiger partial charge < -0.3 is 14.8 Å². The van der Waals surface area contributed by atoms with Gasteiger partial charge in [0.25, 0.3) is 5.91 Å². The average molecular weight is 398 g/mol. The summed E-state index contributed by atoms with van der Waals surface area (Å²) in [6.45, 7) is 3.15. The van der Waals surface area contributed by atoms with Crippen molar-refractivity contribution in [1.29, 1.82) is 0 Å². The van der Waals surface area contributed by atoms with Gasteiger partial charge >= 0.3 is 11.9 Å². The maximum atomic E-state index is 12.0. The van der Waals surface area contributed by atoms with E-state index in [4.69, 9.17) is 16.3 Å². The number of halogens is 1. The molecule has 0 spiro atoms. The highest BCUT2D eigenvalue weighted by Crippen LogP contribution is 2.12. The van der Waals surface area contributed by atoms with Gasteiger partial charge in [0.15, 0.2) is 12.4 Å². The largest absolute Gasteiger partial charge is 0.467 e. The number of carbonyl (C=O) groups is 4. The molecule has 1 aromatic carbocycles. The Morgan fingerprint density at radius 2 is 1.74 bits per heavy atom. The molecule has 1 rings (SSSR count). The molecule has 2 atom stereocenters. The highest BCUT2D eigenvalue weighted by Gasteiger charge is 2.26. The molecule has 1 amide bonds. The number of ketones is 1. The molecule has 0 bridgehead atoms. The van der Waals surface area contributed by atoms with E-state index in [1.807, 2.05) is 6.92 Å². The molecule has 0 aromatic heterocycles. The van der Waals surface area contributed by atoms with Gasteiger partial charge in [-0.15, -0.1) is 0 Å². The Labute approximate surface area is 163 Å². The molecule has 0 saturated carbocycles. The van der Waals surface area contributed by atoms with Crippen LogP contribution < -0.4 is 5.32 Å². The van der Waals surface area contributed by atoms with Crippen LogP contribution in [-0.2, 0) is 23.9 Å². The molecule has 0 heterocycles. The fourth-order valence-electron chi connectivity index (χ4n) is 2.23. The van der Waals surface area contributed by atoms with Crippen LogP contribution in [0.3, 0.4) is 0 Å². The highest BCUT2D eigenvalue weighted by atomic mass is 35.5. The molecule has 0 aliphatic rings. The Balaban J connectivity index is 2.42. The van der Waals surface area contributed by atoms with Crippen molar-refractivity contribution in [3.8, 4) is 0 Å². The van der Waals surface area contributed by atoms with Gasteiger partial charge in [-0.1, -0.05) is 31.9 Å². The van der Waals surface area contributed by atoms with Crippen LogP contribution in [0.1, 0.15) is 43.5 Å². The molecule has 27 heavy (non-hydrogen) atoms. The van der Waals surface area contributed by atoms with Gasteiger partial charge in [-0.05, 0) is 30.2 Å². The summed E-state index contributed by atoms with van der Waals surface area (Å²) >= 11 is 5.76. The lowest BCUT2D eigenvalue weighted by molar-refractivity contribution is -0.151. The van der Waals surface area contributed by atoms with E-state index in [-0.39, 0.29) is 24.5 Å². The number of nitrogens with one attached hydrogen (secondary N) is 1. The van der Waals surface area contributed by atoms with E-state index in [9.17, 15) is 19.2 Å². The normalized spacial score (nSPS) is 12.6. The van der Waals surface area contributed by atoms with Gasteiger partial charge in [-0.2, -0.15) is 0 Å². The van der Waals surface area contributed by atoms with Crippen molar-refractivity contribution in [2.75, 3.05) is 13.7 Å². The van der Waals surface area contributed by atoms with Crippen molar-refractivity contribution in [3.05, 3.63) is 34.9 Å². The van der Waals surface area contributed by atoms with E-state index in [1.54, 1.807) is 31.2 Å². The first-order valence-corrected chi connectivity index (χ1v) is 8.97. The number of ether oxygens (including phenoxy) is 2. The fourth-order valence-corrected chi connectivity index (χ4v) is 2.35. The Hall–Kier alpha value is -2.41. The number of hydrogen-bond acceptors (Lipinski definition) is 6. The highest BCUT2D eigenvalue weighted by molar-refractivity contribution is 6.30. The maximum Gasteiger partial charge on any atom is 0.328 e. The van der Waals surface area contributed by atoms with Crippen molar-refractivity contribution in [2.45, 2.75) is 39.2 Å². The van der Waals surface area contributed by atoms with Gasteiger partial charge in [0.05, 0.1) is 13.5 Å². The number of carbonyl (C=O) groups excluding carboxylic acids is 4. The molecular weight excluding hydrogens is 374 g/mol. The number of hydrogen-bond donors (Lipinski definition) is 1. The molecule has 1 aromatic rings. The fraction of sp³-hybridized carbons (Fsp3) is 0.474. The molecule has 0 aliphatic carbocycles. The second-order valence-electron chi connectivity index (χ2n) is 6.04. The zero-order chi connectivity index (χ0) is 20.4. The minimum Gasteiger partial charge on any atom is -0.467 e. The monoisotopic (exact) mass is 397 g/mol. The number of esters is 2. The summed E-state index contributed by atoms with van der Waals surface area (Å²) in [4.78, 5) is 47.4. The first kappa shape index (κ1) is 22.6. The average Bonchev–Trinajstić information content (AvgIpc) is 2.67. The van der Waals surface area contributed by atoms with Crippen LogP contribution in [0.25, 0.3) is 0 Å². The summed E-state index contributed by atoms with van der Waals surface area (Å²) in [6.07, 6.45) is 0.465. The molecule has 8 heteroatoms. The van der Waals surface area contributed by atoms with Crippen molar-refractivity contribution in [2.24, 2.45) is 5.92 Å². The lowest BCUT2D eigenvalue weighted by atomic mass is 9.99. The minimum absolute atomic E-state index is 0.0419. The van der Waals surface area contributed by atoms with E-state index in [2.05, 4.69) is 10.1 Å². The summed E-state index contributed by atoms with van der Waals surface area (Å²) < 4.78 is 9.53. The molecular formula is C19H24ClNO6. The van der Waals surface area contributed by atoms with Gasteiger partial charge in [-0.3, -0.25) is 14.4 Å². The Kier molecular flexibility index (Phi) is 9.50. The maximum absolute atomic E-state index is 12.0. The van der Waals surface area contributed by atoms with Crippen LogP contribution in [0.15, 0.2) is 24.3 Å². The van der Waals surface area contributed by atoms with Gasteiger partial charge in [0, 0.05) is 17.0 Å². The van der Waals surface area contributed by atoms with Gasteiger partial charge in [0.1, 0.15) is 6.04 Å². The summed E-state index contributed by atoms with van der Waals surface area (Å²) in [6, 6.07) is 5.52. The third-order valence-electron chi connectivity index (χ3n) is 4.07. The van der Waals surface area contributed by atoms with Crippen molar-refractivity contribution >= 4 is 35.2 Å². The summed E-state index contributed by atoms with van der Waals surface area (Å²) in [5.74, 6) is -2.20. The molecule has 0 fully saturated rings. The second kappa shape index (κ2) is 11.3. The SMILES string of the molecule is CC[C@@H](C)[C@@H](NC(=O)COC(=O)CCC(=O)c1ccc(Cl)cc1)C(=O)OC. The van der Waals surface area contributed by atoms with Crippen LogP contribution in [0.2, 0.25) is 5.02 Å². The van der Waals surface area contributed by atoms with Crippen LogP contribution in [0.4, 0.5) is 0 Å². The number of amides is 1. The Bertz CT molecular complexity index is 673. The molecule has 0 unspecified atom stereocenters. The number of Topliss-reactive ketones (excluding diaryl/α,β-unsaturated/α-hetero) is 1. The van der Waals surface area contributed by atoms with E-state index < -0.39 is 30.5 Å². The number of benzene rings is 1. The van der Waals surface area contributed by atoms with Crippen LogP contribution in [0, 0.1) is 5.92 Å². The smallest absolute Gasteiger partial charge is 0.328 e. The van der Waals surface area contributed by atoms with Gasteiger partial charge in [0.2, 0.25) is 0 Å². The molecule has 7 nitrogen and oxygen atoms in total. The zero-order valence-corrected chi connectivity index (χ0v) is 16.4. The Morgan fingerprint density at radius 3 is 2.30 bits per heavy atom. The van der Waals surface area contributed by atoms with E-state index in [0.29, 0.717) is 17.0 Å². The molecule has 0 aliphatic heterocycles.